The van der Waals surface area contributed by atoms with Crippen molar-refractivity contribution >= 4 is 22.5 Å². The second-order valence-corrected chi connectivity index (χ2v) is 5.25. The van der Waals surface area contributed by atoms with Crippen molar-refractivity contribution in [2.24, 2.45) is 0 Å². The van der Waals surface area contributed by atoms with Crippen LogP contribution >= 0.6 is 0 Å². The van der Waals surface area contributed by atoms with E-state index in [0.717, 1.165) is 12.1 Å². The lowest BCUT2D eigenvalue weighted by Crippen LogP contribution is -2.12. The maximum absolute atomic E-state index is 13.3. The van der Waals surface area contributed by atoms with Gasteiger partial charge in [0.25, 0.3) is 0 Å². The molecule has 1 aromatic heterocycles. The fourth-order valence-corrected chi connectivity index (χ4v) is 2.48. The molecule has 0 fully saturated rings. The molecule has 0 saturated heterocycles. The van der Waals surface area contributed by atoms with Crippen molar-refractivity contribution in [3.8, 4) is 11.5 Å². The van der Waals surface area contributed by atoms with Crippen LogP contribution in [0.2, 0.25) is 0 Å². The second-order valence-electron chi connectivity index (χ2n) is 5.25. The Hall–Kier alpha value is -3.10. The molecule has 0 radical (unpaired) electrons. The molecule has 0 atom stereocenters. The average molecular weight is 351 g/mol. The molecule has 0 spiro atoms. The number of hydrogen-bond donors (Lipinski definition) is 1. The van der Waals surface area contributed by atoms with Crippen LogP contribution in [0.1, 0.15) is 5.69 Å². The Morgan fingerprint density at radius 1 is 0.960 bits per heavy atom. The van der Waals surface area contributed by atoms with E-state index in [1.807, 2.05) is 0 Å². The molecule has 5 nitrogen and oxygen atoms in total. The van der Waals surface area contributed by atoms with E-state index in [2.05, 4.69) is 15.3 Å². The number of anilines is 2. The highest BCUT2D eigenvalue weighted by molar-refractivity contribution is 5.83. The molecule has 1 aliphatic rings. The van der Waals surface area contributed by atoms with Crippen molar-refractivity contribution in [3.63, 3.8) is 0 Å². The molecule has 4 rings (SSSR count). The predicted molar refractivity (Wildman–Crippen MR) is 80.3 cm³/mol. The Morgan fingerprint density at radius 3 is 2.56 bits per heavy atom. The quantitative estimate of drug-likeness (QED) is 0.699. The van der Waals surface area contributed by atoms with E-state index < -0.39 is 23.1 Å². The monoisotopic (exact) mass is 351 g/mol. The van der Waals surface area contributed by atoms with Gasteiger partial charge in [-0.25, -0.2) is 14.4 Å². The molecule has 0 amide bonds. The summed E-state index contributed by atoms with van der Waals surface area (Å²) in [6, 6.07) is 7.76. The zero-order chi connectivity index (χ0) is 17.6. The number of fused-ring (bicyclic) bond motifs is 2. The predicted octanol–water partition coefficient (Wildman–Crippen LogP) is 4.26. The van der Waals surface area contributed by atoms with Crippen molar-refractivity contribution in [2.45, 2.75) is 6.18 Å². The number of ether oxygens (including phenoxy) is 2. The summed E-state index contributed by atoms with van der Waals surface area (Å²) in [5, 5.41) is 2.30. The van der Waals surface area contributed by atoms with Crippen LogP contribution in [0.4, 0.5) is 29.2 Å². The Kier molecular flexibility index (Phi) is 3.38. The molecule has 0 aliphatic carbocycles. The van der Waals surface area contributed by atoms with Gasteiger partial charge in [-0.2, -0.15) is 13.2 Å². The Labute approximate surface area is 138 Å². The minimum absolute atomic E-state index is 0.0213. The molecule has 0 saturated carbocycles. The van der Waals surface area contributed by atoms with Crippen LogP contribution in [0.25, 0.3) is 10.9 Å². The second kappa shape index (κ2) is 5.47. The van der Waals surface area contributed by atoms with Gasteiger partial charge in [-0.3, -0.25) is 0 Å². The van der Waals surface area contributed by atoms with Gasteiger partial charge in [0.1, 0.15) is 5.82 Å². The van der Waals surface area contributed by atoms with Gasteiger partial charge in [0.2, 0.25) is 12.7 Å². The van der Waals surface area contributed by atoms with E-state index in [1.54, 1.807) is 18.2 Å². The minimum atomic E-state index is -4.75. The zero-order valence-electron chi connectivity index (χ0n) is 12.4. The highest BCUT2D eigenvalue weighted by atomic mass is 19.4. The van der Waals surface area contributed by atoms with E-state index >= 15 is 0 Å². The number of alkyl halides is 3. The van der Waals surface area contributed by atoms with E-state index in [0.29, 0.717) is 17.2 Å². The van der Waals surface area contributed by atoms with Crippen LogP contribution in [0.3, 0.4) is 0 Å². The van der Waals surface area contributed by atoms with Crippen molar-refractivity contribution in [1.82, 2.24) is 9.97 Å². The lowest BCUT2D eigenvalue weighted by molar-refractivity contribution is -0.139. The van der Waals surface area contributed by atoms with Crippen LogP contribution in [0, 0.1) is 5.82 Å². The standard InChI is InChI=1S/C16H9F4N3O2/c17-8-1-3-11-10(5-8)14(16(18,19)20)23-15(22-11)21-9-2-4-12-13(6-9)25-7-24-12/h1-6H,7H2,(H,21,22,23). The fourth-order valence-electron chi connectivity index (χ4n) is 2.48. The van der Waals surface area contributed by atoms with Crippen molar-refractivity contribution in [3.05, 3.63) is 47.9 Å². The largest absolute Gasteiger partial charge is 0.454 e. The SMILES string of the molecule is Fc1ccc2nc(Nc3ccc4c(c3)OCO4)nc(C(F)(F)F)c2c1. The summed E-state index contributed by atoms with van der Waals surface area (Å²) >= 11 is 0. The molecule has 2 aromatic carbocycles. The third-order valence-corrected chi connectivity index (χ3v) is 3.55. The summed E-state index contributed by atoms with van der Waals surface area (Å²) < 4.78 is 63.5. The van der Waals surface area contributed by atoms with Gasteiger partial charge in [0, 0.05) is 17.1 Å². The van der Waals surface area contributed by atoms with E-state index in [9.17, 15) is 17.6 Å². The molecule has 1 N–H and O–H groups in total. The van der Waals surface area contributed by atoms with Crippen LogP contribution in [0.5, 0.6) is 11.5 Å². The fraction of sp³-hybridized carbons (Fsp3) is 0.125. The first-order valence-electron chi connectivity index (χ1n) is 7.11. The molecule has 0 unspecified atom stereocenters. The summed E-state index contributed by atoms with van der Waals surface area (Å²) in [4.78, 5) is 7.53. The highest BCUT2D eigenvalue weighted by Gasteiger charge is 2.35. The first-order chi connectivity index (χ1) is 11.9. The third kappa shape index (κ3) is 2.88. The van der Waals surface area contributed by atoms with E-state index in [-0.39, 0.29) is 18.3 Å². The molecule has 25 heavy (non-hydrogen) atoms. The number of nitrogens with zero attached hydrogens (tertiary/aromatic N) is 2. The summed E-state index contributed by atoms with van der Waals surface area (Å²) in [6.45, 7) is 0.0784. The van der Waals surface area contributed by atoms with Crippen LogP contribution in [-0.4, -0.2) is 16.8 Å². The summed E-state index contributed by atoms with van der Waals surface area (Å²) in [5.74, 6) is -0.0521. The molecule has 2 heterocycles. The molecule has 0 bridgehead atoms. The topological polar surface area (TPSA) is 56.3 Å². The number of benzene rings is 2. The Balaban J connectivity index is 1.78. The number of nitrogens with one attached hydrogen (secondary N) is 1. The van der Waals surface area contributed by atoms with Crippen molar-refractivity contribution in [1.29, 1.82) is 0 Å². The van der Waals surface area contributed by atoms with Crippen LogP contribution in [-0.2, 0) is 6.18 Å². The van der Waals surface area contributed by atoms with Gasteiger partial charge in [-0.15, -0.1) is 0 Å². The first kappa shape index (κ1) is 15.4. The van der Waals surface area contributed by atoms with Gasteiger partial charge >= 0.3 is 6.18 Å². The van der Waals surface area contributed by atoms with E-state index in [4.69, 9.17) is 9.47 Å². The summed E-state index contributed by atoms with van der Waals surface area (Å²) in [7, 11) is 0. The number of hydrogen-bond acceptors (Lipinski definition) is 5. The summed E-state index contributed by atoms with van der Waals surface area (Å²) in [5.41, 5.74) is -0.800. The van der Waals surface area contributed by atoms with Gasteiger partial charge in [-0.1, -0.05) is 0 Å². The minimum Gasteiger partial charge on any atom is -0.454 e. The molecule has 1 aliphatic heterocycles. The van der Waals surface area contributed by atoms with Gasteiger partial charge < -0.3 is 14.8 Å². The Morgan fingerprint density at radius 2 is 1.76 bits per heavy atom. The Bertz CT molecular complexity index is 975. The maximum Gasteiger partial charge on any atom is 0.434 e. The van der Waals surface area contributed by atoms with Crippen LogP contribution in [0.15, 0.2) is 36.4 Å². The van der Waals surface area contributed by atoms with Crippen molar-refractivity contribution in [2.75, 3.05) is 12.1 Å². The molecule has 9 heteroatoms. The molecular formula is C16H9F4N3O2. The average Bonchev–Trinajstić information content (AvgIpc) is 3.01. The zero-order valence-corrected chi connectivity index (χ0v) is 12.4. The lowest BCUT2D eigenvalue weighted by atomic mass is 10.2. The highest BCUT2D eigenvalue weighted by Crippen LogP contribution is 2.36. The number of rotatable bonds is 2. The number of aromatic nitrogens is 2. The third-order valence-electron chi connectivity index (χ3n) is 3.55. The van der Waals surface area contributed by atoms with Gasteiger partial charge in [0.05, 0.1) is 5.52 Å². The lowest BCUT2D eigenvalue weighted by Gasteiger charge is -2.12. The van der Waals surface area contributed by atoms with Crippen molar-refractivity contribution < 1.29 is 27.0 Å². The smallest absolute Gasteiger partial charge is 0.434 e. The maximum atomic E-state index is 13.3. The van der Waals surface area contributed by atoms with E-state index in [1.165, 1.54) is 6.07 Å². The summed E-state index contributed by atoms with van der Waals surface area (Å²) in [6.07, 6.45) is -4.75. The normalized spacial score (nSPS) is 13.3. The molecule has 3 aromatic rings. The van der Waals surface area contributed by atoms with Gasteiger partial charge in [-0.05, 0) is 30.3 Å². The molecular weight excluding hydrogens is 342 g/mol. The first-order valence-corrected chi connectivity index (χ1v) is 7.11. The van der Waals surface area contributed by atoms with Gasteiger partial charge in [0.15, 0.2) is 17.2 Å². The van der Waals surface area contributed by atoms with Crippen LogP contribution < -0.4 is 14.8 Å². The number of halogens is 4. The molecule has 128 valence electrons.